The first-order chi connectivity index (χ1) is 21.9. The first kappa shape index (κ1) is 31.0. The predicted molar refractivity (Wildman–Crippen MR) is 182 cm³/mol. The van der Waals surface area contributed by atoms with Crippen LogP contribution >= 0.6 is 0 Å². The number of nitrogens with one attached hydrogen (secondary N) is 1. The van der Waals surface area contributed by atoms with Crippen LogP contribution in [0.15, 0.2) is 127 Å². The van der Waals surface area contributed by atoms with E-state index >= 15 is 0 Å². The second-order valence-electron chi connectivity index (χ2n) is 10.9. The van der Waals surface area contributed by atoms with Crippen LogP contribution in [0.2, 0.25) is 0 Å². The van der Waals surface area contributed by atoms with Gasteiger partial charge in [-0.1, -0.05) is 103 Å². The van der Waals surface area contributed by atoms with Crippen molar-refractivity contribution in [1.29, 1.82) is 0 Å². The Morgan fingerprint density at radius 3 is 2.18 bits per heavy atom. The zero-order valence-corrected chi connectivity index (χ0v) is 25.8. The third kappa shape index (κ3) is 7.95. The lowest BCUT2D eigenvalue weighted by atomic mass is 9.95. The quantitative estimate of drug-likeness (QED) is 0.116. The van der Waals surface area contributed by atoms with Crippen molar-refractivity contribution in [3.8, 4) is 16.9 Å². The first-order valence-corrected chi connectivity index (χ1v) is 15.0. The topological polar surface area (TPSA) is 64.6 Å². The Morgan fingerprint density at radius 2 is 1.44 bits per heavy atom. The molecule has 0 saturated carbocycles. The predicted octanol–water partition coefficient (Wildman–Crippen LogP) is 8.49. The molecule has 1 N–H and O–H groups in total. The number of hydrogen-bond donors (Lipinski definition) is 1. The van der Waals surface area contributed by atoms with Gasteiger partial charge in [0.05, 0.1) is 7.11 Å². The number of ether oxygens (including phenoxy) is 2. The molecule has 5 rings (SSSR count). The molecular formula is C40H37NO4. The molecule has 0 fully saturated rings. The molecule has 0 aliphatic heterocycles. The monoisotopic (exact) mass is 595 g/mol. The Kier molecular flexibility index (Phi) is 10.2. The molecule has 5 nitrogen and oxygen atoms in total. The van der Waals surface area contributed by atoms with Crippen molar-refractivity contribution >= 4 is 23.5 Å². The molecule has 5 aromatic carbocycles. The van der Waals surface area contributed by atoms with Crippen molar-refractivity contribution in [2.24, 2.45) is 0 Å². The summed E-state index contributed by atoms with van der Waals surface area (Å²) in [6.07, 6.45) is 4.44. The van der Waals surface area contributed by atoms with Gasteiger partial charge >= 0.3 is 5.97 Å². The molecular weight excluding hydrogens is 558 g/mol. The van der Waals surface area contributed by atoms with E-state index < -0.39 is 12.0 Å². The van der Waals surface area contributed by atoms with E-state index in [0.29, 0.717) is 29.8 Å². The molecule has 0 amide bonds. The van der Waals surface area contributed by atoms with Crippen LogP contribution in [0.4, 0.5) is 5.69 Å². The average molecular weight is 596 g/mol. The average Bonchev–Trinajstić information content (AvgIpc) is 3.07. The lowest BCUT2D eigenvalue weighted by Crippen LogP contribution is -2.33. The van der Waals surface area contributed by atoms with Crippen LogP contribution in [-0.2, 0) is 16.0 Å². The van der Waals surface area contributed by atoms with Crippen LogP contribution < -0.4 is 10.1 Å². The zero-order valence-electron chi connectivity index (χ0n) is 25.8. The second kappa shape index (κ2) is 14.8. The van der Waals surface area contributed by atoms with Crippen LogP contribution in [0.1, 0.15) is 38.2 Å². The van der Waals surface area contributed by atoms with Gasteiger partial charge in [0.25, 0.3) is 0 Å². The molecule has 1 unspecified atom stereocenters. The van der Waals surface area contributed by atoms with Crippen LogP contribution in [-0.4, -0.2) is 31.5 Å². The summed E-state index contributed by atoms with van der Waals surface area (Å²) in [5, 5.41) is 3.25. The number of methoxy groups -OCH3 is 1. The van der Waals surface area contributed by atoms with Crippen LogP contribution in [0.3, 0.4) is 0 Å². The van der Waals surface area contributed by atoms with E-state index in [1.807, 2.05) is 60.7 Å². The molecule has 0 saturated heterocycles. The molecule has 45 heavy (non-hydrogen) atoms. The van der Waals surface area contributed by atoms with Crippen molar-refractivity contribution in [3.05, 3.63) is 161 Å². The Bertz CT molecular complexity index is 1790. The highest BCUT2D eigenvalue weighted by Crippen LogP contribution is 2.27. The van der Waals surface area contributed by atoms with E-state index in [-0.39, 0.29) is 5.78 Å². The fourth-order valence-electron chi connectivity index (χ4n) is 5.33. The first-order valence-electron chi connectivity index (χ1n) is 15.0. The summed E-state index contributed by atoms with van der Waals surface area (Å²) < 4.78 is 11.0. The zero-order chi connectivity index (χ0) is 31.6. The molecule has 5 heteroatoms. The smallest absolute Gasteiger partial charge is 0.328 e. The van der Waals surface area contributed by atoms with E-state index in [4.69, 9.17) is 9.47 Å². The third-order valence-corrected chi connectivity index (χ3v) is 7.73. The fraction of sp³-hybridized carbons (Fsp3) is 0.150. The minimum absolute atomic E-state index is 0.118. The summed E-state index contributed by atoms with van der Waals surface area (Å²) in [6, 6.07) is 38.2. The van der Waals surface area contributed by atoms with Crippen molar-refractivity contribution in [3.63, 3.8) is 0 Å². The Balaban J connectivity index is 1.20. The Labute approximate surface area is 265 Å². The number of benzene rings is 5. The number of esters is 1. The van der Waals surface area contributed by atoms with Crippen molar-refractivity contribution < 1.29 is 19.1 Å². The normalized spacial score (nSPS) is 11.6. The van der Waals surface area contributed by atoms with Gasteiger partial charge in [0.15, 0.2) is 5.78 Å². The van der Waals surface area contributed by atoms with Gasteiger partial charge in [0.1, 0.15) is 18.4 Å². The second-order valence-corrected chi connectivity index (χ2v) is 10.9. The SMILES string of the molecule is COC(=O)C(Cc1ccc(OC/C=C/c2ccc(-c3ccccc3C)c(C)c2)cc1)Nc1ccccc1C(=O)c1ccccc1. The highest BCUT2D eigenvalue weighted by atomic mass is 16.5. The molecule has 1 atom stereocenters. The van der Waals surface area contributed by atoms with Crippen LogP contribution in [0.5, 0.6) is 5.75 Å². The van der Waals surface area contributed by atoms with Gasteiger partial charge in [-0.3, -0.25) is 4.79 Å². The van der Waals surface area contributed by atoms with Gasteiger partial charge in [-0.25, -0.2) is 4.79 Å². The minimum atomic E-state index is -0.685. The number of ketones is 1. The van der Waals surface area contributed by atoms with E-state index in [2.05, 4.69) is 67.7 Å². The number of anilines is 1. The number of carbonyl (C=O) groups is 2. The number of para-hydroxylation sites is 1. The van der Waals surface area contributed by atoms with Gasteiger partial charge in [-0.15, -0.1) is 0 Å². The lowest BCUT2D eigenvalue weighted by molar-refractivity contribution is -0.141. The largest absolute Gasteiger partial charge is 0.490 e. The van der Waals surface area contributed by atoms with Crippen molar-refractivity contribution in [1.82, 2.24) is 0 Å². The van der Waals surface area contributed by atoms with Gasteiger partial charge in [-0.2, -0.15) is 0 Å². The Hall–Kier alpha value is -5.42. The van der Waals surface area contributed by atoms with E-state index in [1.54, 1.807) is 24.3 Å². The maximum absolute atomic E-state index is 13.2. The van der Waals surface area contributed by atoms with Gasteiger partial charge in [-0.05, 0) is 77.6 Å². The molecule has 226 valence electrons. The maximum Gasteiger partial charge on any atom is 0.328 e. The highest BCUT2D eigenvalue weighted by molar-refractivity contribution is 6.12. The fourth-order valence-corrected chi connectivity index (χ4v) is 5.33. The standard InChI is InChI=1S/C40H37NO4/c1-28-12-7-8-16-34(28)35-24-21-30(26-29(35)2)13-11-25-45-33-22-19-31(20-23-33)27-38(40(43)44-3)41-37-18-10-9-17-36(37)39(42)32-14-5-4-6-15-32/h4-24,26,38,41H,25,27H2,1-3H3/b13-11+. The number of carbonyl (C=O) groups excluding carboxylic acids is 2. The van der Waals surface area contributed by atoms with Crippen LogP contribution in [0.25, 0.3) is 17.2 Å². The number of aryl methyl sites for hydroxylation is 2. The molecule has 0 aromatic heterocycles. The summed E-state index contributed by atoms with van der Waals surface area (Å²) in [5.74, 6) is 0.202. The third-order valence-electron chi connectivity index (χ3n) is 7.73. The molecule has 0 spiro atoms. The summed E-state index contributed by atoms with van der Waals surface area (Å²) in [6.45, 7) is 4.70. The van der Waals surface area contributed by atoms with Gasteiger partial charge in [0.2, 0.25) is 0 Å². The maximum atomic E-state index is 13.2. The highest BCUT2D eigenvalue weighted by Gasteiger charge is 2.22. The summed E-state index contributed by atoms with van der Waals surface area (Å²) in [4.78, 5) is 25.9. The van der Waals surface area contributed by atoms with E-state index in [1.165, 1.54) is 29.4 Å². The van der Waals surface area contributed by atoms with E-state index in [0.717, 1.165) is 16.9 Å². The molecule has 0 heterocycles. The molecule has 5 aromatic rings. The molecule has 0 aliphatic rings. The lowest BCUT2D eigenvalue weighted by Gasteiger charge is -2.20. The summed E-state index contributed by atoms with van der Waals surface area (Å²) in [7, 11) is 1.36. The van der Waals surface area contributed by atoms with Crippen molar-refractivity contribution in [2.45, 2.75) is 26.3 Å². The van der Waals surface area contributed by atoms with E-state index in [9.17, 15) is 9.59 Å². The summed E-state index contributed by atoms with van der Waals surface area (Å²) in [5.41, 5.74) is 8.70. The number of hydrogen-bond acceptors (Lipinski definition) is 5. The van der Waals surface area contributed by atoms with Gasteiger partial charge in [0, 0.05) is 23.2 Å². The minimum Gasteiger partial charge on any atom is -0.490 e. The van der Waals surface area contributed by atoms with Crippen LogP contribution in [0, 0.1) is 13.8 Å². The van der Waals surface area contributed by atoms with Gasteiger partial charge < -0.3 is 14.8 Å². The Morgan fingerprint density at radius 1 is 0.756 bits per heavy atom. The molecule has 0 aliphatic carbocycles. The summed E-state index contributed by atoms with van der Waals surface area (Å²) >= 11 is 0. The number of rotatable bonds is 12. The molecule has 0 radical (unpaired) electrons. The van der Waals surface area contributed by atoms with Crippen molar-refractivity contribution in [2.75, 3.05) is 19.0 Å². The molecule has 0 bridgehead atoms.